The minimum absolute atomic E-state index is 0.0228. The van der Waals surface area contributed by atoms with Crippen LogP contribution in [-0.4, -0.2) is 19.2 Å². The van der Waals surface area contributed by atoms with E-state index in [1.54, 1.807) is 46.6 Å². The Morgan fingerprint density at radius 2 is 1.20 bits per heavy atom. The van der Waals surface area contributed by atoms with E-state index < -0.39 is 0 Å². The fourth-order valence-electron chi connectivity index (χ4n) is 2.21. The van der Waals surface area contributed by atoms with Crippen molar-refractivity contribution in [1.29, 1.82) is 0 Å². The van der Waals surface area contributed by atoms with E-state index in [9.17, 15) is 0 Å². The van der Waals surface area contributed by atoms with Gasteiger partial charge in [0.25, 0.3) is 0 Å². The summed E-state index contributed by atoms with van der Waals surface area (Å²) in [5.74, 6) is 0. The van der Waals surface area contributed by atoms with Gasteiger partial charge in [-0.05, 0) is 45.0 Å². The first-order valence-electron chi connectivity index (χ1n) is 7.86. The maximum atomic E-state index is 4.76. The summed E-state index contributed by atoms with van der Waals surface area (Å²) < 4.78 is 6.87. The summed E-state index contributed by atoms with van der Waals surface area (Å²) in [5.41, 5.74) is 2.10. The number of fused-ring (bicyclic) bond motifs is 2. The second kappa shape index (κ2) is 6.89. The molecule has 128 valence electrons. The zero-order valence-corrected chi connectivity index (χ0v) is 17.4. The topological polar surface area (TPSA) is 29.0 Å². The molecular weight excluding hydrogens is 386 g/mol. The van der Waals surface area contributed by atoms with Gasteiger partial charge in [0.1, 0.15) is 0 Å². The summed E-state index contributed by atoms with van der Waals surface area (Å²) >= 11 is 6.87. The van der Waals surface area contributed by atoms with E-state index in [0.717, 1.165) is 19.7 Å². The van der Waals surface area contributed by atoms with Crippen molar-refractivity contribution in [3.05, 3.63) is 48.5 Å². The van der Waals surface area contributed by atoms with E-state index in [1.807, 2.05) is 12.1 Å². The second-order valence-corrected chi connectivity index (χ2v) is 11.2. The third-order valence-electron chi connectivity index (χ3n) is 3.42. The molecule has 25 heavy (non-hydrogen) atoms. The van der Waals surface area contributed by atoms with Crippen molar-refractivity contribution in [2.45, 2.75) is 35.0 Å². The van der Waals surface area contributed by atoms with Crippen molar-refractivity contribution in [3.63, 3.8) is 0 Å². The highest BCUT2D eigenvalue weighted by atomic mass is 32.2. The van der Waals surface area contributed by atoms with Gasteiger partial charge in [0.2, 0.25) is 0 Å². The summed E-state index contributed by atoms with van der Waals surface area (Å²) in [6.07, 6.45) is 0. The Bertz CT molecular complexity index is 874. The Kier molecular flexibility index (Phi) is 4.77. The fraction of sp³-hybridized carbons (Fsp3) is 0.222. The Hall–Kier alpha value is -1.12. The number of rotatable bonds is 4. The van der Waals surface area contributed by atoms with E-state index in [0.29, 0.717) is 0 Å². The monoisotopic (exact) mass is 403 g/mol. The van der Waals surface area contributed by atoms with Gasteiger partial charge >= 0.3 is 0 Å². The molecule has 7 heteroatoms. The molecule has 2 aromatic heterocycles. The van der Waals surface area contributed by atoms with Gasteiger partial charge in [-0.3, -0.25) is 0 Å². The lowest BCUT2D eigenvalue weighted by Crippen LogP contribution is -2.30. The molecule has 0 aliphatic rings. The third-order valence-corrected chi connectivity index (χ3v) is 8.40. The number of nitrogens with zero attached hydrogens (tertiary/aromatic N) is 3. The summed E-state index contributed by atoms with van der Waals surface area (Å²) in [6, 6.07) is 16.6. The van der Waals surface area contributed by atoms with Crippen LogP contribution in [0, 0.1) is 0 Å². The van der Waals surface area contributed by atoms with E-state index in [4.69, 9.17) is 9.97 Å². The molecule has 0 atom stereocenters. The summed E-state index contributed by atoms with van der Waals surface area (Å²) in [6.45, 7) is 6.65. The molecule has 0 fully saturated rings. The molecule has 0 N–H and O–H groups in total. The average Bonchev–Trinajstić information content (AvgIpc) is 3.15. The Morgan fingerprint density at radius 1 is 0.760 bits per heavy atom. The summed E-state index contributed by atoms with van der Waals surface area (Å²) in [7, 11) is 0. The van der Waals surface area contributed by atoms with Crippen LogP contribution in [-0.2, 0) is 0 Å². The fourth-order valence-corrected chi connectivity index (χ4v) is 6.86. The van der Waals surface area contributed by atoms with Crippen molar-refractivity contribution in [1.82, 2.24) is 13.7 Å². The van der Waals surface area contributed by atoms with Crippen molar-refractivity contribution in [2.24, 2.45) is 0 Å². The lowest BCUT2D eigenvalue weighted by atomic mass is 10.1. The highest BCUT2D eigenvalue weighted by Crippen LogP contribution is 2.44. The van der Waals surface area contributed by atoms with Crippen LogP contribution in [0.15, 0.2) is 57.2 Å². The van der Waals surface area contributed by atoms with Gasteiger partial charge in [-0.1, -0.05) is 24.3 Å². The highest BCUT2D eigenvalue weighted by molar-refractivity contribution is 8.13. The van der Waals surface area contributed by atoms with E-state index >= 15 is 0 Å². The number of thiazole rings is 2. The van der Waals surface area contributed by atoms with Gasteiger partial charge in [-0.25, -0.2) is 9.97 Å². The molecule has 0 spiro atoms. The molecule has 3 nitrogen and oxygen atoms in total. The van der Waals surface area contributed by atoms with Gasteiger partial charge in [0.15, 0.2) is 8.68 Å². The van der Waals surface area contributed by atoms with Crippen LogP contribution in [0.3, 0.4) is 0 Å². The number of hydrogen-bond acceptors (Lipinski definition) is 7. The van der Waals surface area contributed by atoms with Crippen LogP contribution in [0.2, 0.25) is 0 Å². The molecule has 0 saturated carbocycles. The maximum absolute atomic E-state index is 4.76. The quantitative estimate of drug-likeness (QED) is 0.353. The molecule has 0 unspecified atom stereocenters. The average molecular weight is 404 g/mol. The normalized spacial score (nSPS) is 12.5. The standard InChI is InChI=1S/C18H17N3S4/c1-18(2,3)21(24-16-19-12-8-4-6-10-14(12)22-16)25-17-20-13-9-5-7-11-15(13)23-17/h4-11H,1-3H3. The molecule has 0 bridgehead atoms. The zero-order valence-electron chi connectivity index (χ0n) is 14.1. The lowest BCUT2D eigenvalue weighted by Gasteiger charge is -2.31. The minimum Gasteiger partial charge on any atom is -0.228 e. The Morgan fingerprint density at radius 3 is 1.60 bits per heavy atom. The van der Waals surface area contributed by atoms with Crippen molar-refractivity contribution in [2.75, 3.05) is 0 Å². The highest BCUT2D eigenvalue weighted by Gasteiger charge is 2.26. The summed E-state index contributed by atoms with van der Waals surface area (Å²) in [5, 5.41) is 0. The predicted molar refractivity (Wildman–Crippen MR) is 113 cm³/mol. The Balaban J connectivity index is 1.61. The number of hydrogen-bond donors (Lipinski definition) is 0. The van der Waals surface area contributed by atoms with Gasteiger partial charge in [-0.2, -0.15) is 3.71 Å². The smallest absolute Gasteiger partial charge is 0.167 e. The van der Waals surface area contributed by atoms with Crippen LogP contribution in [0.25, 0.3) is 20.4 Å². The molecule has 0 aliphatic carbocycles. The van der Waals surface area contributed by atoms with Crippen LogP contribution < -0.4 is 0 Å². The van der Waals surface area contributed by atoms with Gasteiger partial charge in [0.05, 0.1) is 20.4 Å². The lowest BCUT2D eigenvalue weighted by molar-refractivity contribution is 0.411. The van der Waals surface area contributed by atoms with Crippen LogP contribution >= 0.6 is 46.6 Å². The largest absolute Gasteiger partial charge is 0.228 e. The van der Waals surface area contributed by atoms with Crippen LogP contribution in [0.4, 0.5) is 0 Å². The first-order chi connectivity index (χ1) is 12.0. The van der Waals surface area contributed by atoms with Crippen LogP contribution in [0.1, 0.15) is 20.8 Å². The summed E-state index contributed by atoms with van der Waals surface area (Å²) in [4.78, 5) is 9.52. The molecule has 2 heterocycles. The number of benzene rings is 2. The molecule has 0 aliphatic heterocycles. The first-order valence-corrected chi connectivity index (χ1v) is 11.0. The van der Waals surface area contributed by atoms with Gasteiger partial charge < -0.3 is 0 Å². The first kappa shape index (κ1) is 17.3. The van der Waals surface area contributed by atoms with Crippen molar-refractivity contribution < 1.29 is 0 Å². The number of para-hydroxylation sites is 2. The zero-order chi connectivity index (χ0) is 17.4. The molecule has 4 rings (SSSR count). The van der Waals surface area contributed by atoms with Gasteiger partial charge in [-0.15, -0.1) is 22.7 Å². The molecule has 0 amide bonds. The van der Waals surface area contributed by atoms with Crippen molar-refractivity contribution >= 4 is 67.0 Å². The van der Waals surface area contributed by atoms with Gasteiger partial charge in [0, 0.05) is 29.4 Å². The maximum Gasteiger partial charge on any atom is 0.167 e. The third kappa shape index (κ3) is 3.85. The predicted octanol–water partition coefficient (Wildman–Crippen LogP) is 6.72. The number of aromatic nitrogens is 2. The van der Waals surface area contributed by atoms with Crippen molar-refractivity contribution in [3.8, 4) is 0 Å². The molecule has 0 saturated heterocycles. The van der Waals surface area contributed by atoms with E-state index in [-0.39, 0.29) is 5.54 Å². The molecule has 2 aromatic carbocycles. The molecule has 0 radical (unpaired) electrons. The Labute approximate surface area is 163 Å². The SMILES string of the molecule is CC(C)(C)N(Sc1nc2ccccc2s1)Sc1nc2ccccc2s1. The van der Waals surface area contributed by atoms with E-state index in [2.05, 4.69) is 60.9 Å². The molecular formula is C18H17N3S4. The minimum atomic E-state index is -0.0228. The second-order valence-electron chi connectivity index (χ2n) is 6.51. The van der Waals surface area contributed by atoms with Crippen LogP contribution in [0.5, 0.6) is 0 Å². The molecule has 4 aromatic rings. The van der Waals surface area contributed by atoms with E-state index in [1.165, 1.54) is 9.40 Å².